The number of aromatic nitrogens is 1. The molecule has 0 aliphatic rings. The molecule has 3 N–H and O–H groups in total. The van der Waals surface area contributed by atoms with Crippen molar-refractivity contribution in [2.24, 2.45) is 0 Å². The molecular formula is C11H15N3OS. The Morgan fingerprint density at radius 1 is 1.50 bits per heavy atom. The Morgan fingerprint density at radius 3 is 3.19 bits per heavy atom. The average Bonchev–Trinajstić information content (AvgIpc) is 2.77. The lowest BCUT2D eigenvalue weighted by atomic mass is 10.2. The summed E-state index contributed by atoms with van der Waals surface area (Å²) in [4.78, 5) is 4.31. The van der Waals surface area contributed by atoms with Gasteiger partial charge in [0, 0.05) is 13.2 Å². The molecule has 4 nitrogen and oxygen atoms in total. The predicted molar refractivity (Wildman–Crippen MR) is 69.0 cm³/mol. The molecule has 86 valence electrons. The number of nitrogens with zero attached hydrogens (tertiary/aromatic N) is 1. The molecule has 0 aliphatic heterocycles. The largest absolute Gasteiger partial charge is 0.398 e. The Balaban J connectivity index is 2.12. The number of rotatable bonds is 5. The molecule has 1 aromatic heterocycles. The molecule has 2 rings (SSSR count). The molecule has 16 heavy (non-hydrogen) atoms. The highest BCUT2D eigenvalue weighted by Crippen LogP contribution is 2.30. The number of benzene rings is 1. The van der Waals surface area contributed by atoms with E-state index in [-0.39, 0.29) is 0 Å². The fourth-order valence-electron chi connectivity index (χ4n) is 1.52. The van der Waals surface area contributed by atoms with Crippen LogP contribution in [0, 0.1) is 0 Å². The van der Waals surface area contributed by atoms with E-state index in [0.717, 1.165) is 34.7 Å². The summed E-state index contributed by atoms with van der Waals surface area (Å²) in [5.74, 6) is 0. The minimum atomic E-state index is 0.701. The summed E-state index contributed by atoms with van der Waals surface area (Å²) >= 11 is 1.56. The summed E-state index contributed by atoms with van der Waals surface area (Å²) in [6.45, 7) is 4.22. The first-order chi connectivity index (χ1) is 7.83. The van der Waals surface area contributed by atoms with E-state index in [2.05, 4.69) is 10.3 Å². The van der Waals surface area contributed by atoms with Crippen molar-refractivity contribution in [2.75, 3.05) is 30.8 Å². The van der Waals surface area contributed by atoms with Crippen molar-refractivity contribution in [3.8, 4) is 0 Å². The lowest BCUT2D eigenvalue weighted by molar-refractivity contribution is 0.158. The van der Waals surface area contributed by atoms with Crippen LogP contribution in [-0.2, 0) is 4.74 Å². The van der Waals surface area contributed by atoms with Gasteiger partial charge in [-0.3, -0.25) is 0 Å². The van der Waals surface area contributed by atoms with Gasteiger partial charge in [-0.25, -0.2) is 4.98 Å². The first-order valence-corrected chi connectivity index (χ1v) is 6.14. The van der Waals surface area contributed by atoms with Crippen molar-refractivity contribution in [1.82, 2.24) is 4.98 Å². The maximum atomic E-state index is 5.86. The van der Waals surface area contributed by atoms with E-state index in [4.69, 9.17) is 10.5 Å². The van der Waals surface area contributed by atoms with Gasteiger partial charge in [0.15, 0.2) is 0 Å². The number of ether oxygens (including phenoxy) is 1. The van der Waals surface area contributed by atoms with Crippen LogP contribution < -0.4 is 11.1 Å². The van der Waals surface area contributed by atoms with Gasteiger partial charge >= 0.3 is 0 Å². The van der Waals surface area contributed by atoms with Crippen LogP contribution in [0.15, 0.2) is 17.6 Å². The van der Waals surface area contributed by atoms with E-state index >= 15 is 0 Å². The SMILES string of the molecule is CCOCCNc1ccc(N)c2scnc12. The molecule has 0 bridgehead atoms. The van der Waals surface area contributed by atoms with Gasteiger partial charge in [0.25, 0.3) is 0 Å². The van der Waals surface area contributed by atoms with Crippen molar-refractivity contribution < 1.29 is 4.74 Å². The number of hydrogen-bond acceptors (Lipinski definition) is 5. The van der Waals surface area contributed by atoms with Crippen molar-refractivity contribution in [2.45, 2.75) is 6.92 Å². The number of nitrogens with one attached hydrogen (secondary N) is 1. The van der Waals surface area contributed by atoms with Crippen molar-refractivity contribution in [3.63, 3.8) is 0 Å². The highest BCUT2D eigenvalue weighted by atomic mass is 32.1. The monoisotopic (exact) mass is 237 g/mol. The van der Waals surface area contributed by atoms with E-state index in [0.29, 0.717) is 6.61 Å². The summed E-state index contributed by atoms with van der Waals surface area (Å²) in [5, 5.41) is 3.30. The molecule has 0 radical (unpaired) electrons. The normalized spacial score (nSPS) is 10.8. The molecule has 0 amide bonds. The van der Waals surface area contributed by atoms with E-state index in [1.54, 1.807) is 11.3 Å². The zero-order valence-corrected chi connectivity index (χ0v) is 10.0. The zero-order valence-electron chi connectivity index (χ0n) is 9.19. The van der Waals surface area contributed by atoms with Gasteiger partial charge in [-0.15, -0.1) is 11.3 Å². The lowest BCUT2D eigenvalue weighted by Gasteiger charge is -2.07. The second kappa shape index (κ2) is 5.14. The summed E-state index contributed by atoms with van der Waals surface area (Å²) in [7, 11) is 0. The maximum absolute atomic E-state index is 5.86. The topological polar surface area (TPSA) is 60.2 Å². The second-order valence-corrected chi connectivity index (χ2v) is 4.21. The minimum absolute atomic E-state index is 0.701. The van der Waals surface area contributed by atoms with E-state index < -0.39 is 0 Å². The average molecular weight is 237 g/mol. The Bertz CT molecular complexity index is 469. The van der Waals surface area contributed by atoms with E-state index in [1.807, 2.05) is 24.6 Å². The van der Waals surface area contributed by atoms with Gasteiger partial charge in [0.2, 0.25) is 0 Å². The molecule has 1 heterocycles. The minimum Gasteiger partial charge on any atom is -0.398 e. The molecule has 0 fully saturated rings. The van der Waals surface area contributed by atoms with E-state index in [1.165, 1.54) is 0 Å². The molecule has 1 aromatic carbocycles. The molecule has 2 aromatic rings. The highest BCUT2D eigenvalue weighted by Gasteiger charge is 2.05. The number of fused-ring (bicyclic) bond motifs is 1. The van der Waals surface area contributed by atoms with E-state index in [9.17, 15) is 0 Å². The molecule has 0 saturated carbocycles. The molecule has 5 heteroatoms. The number of nitrogen functional groups attached to an aromatic ring is 1. The first-order valence-electron chi connectivity index (χ1n) is 5.26. The number of hydrogen-bond donors (Lipinski definition) is 2. The highest BCUT2D eigenvalue weighted by molar-refractivity contribution is 7.17. The summed E-state index contributed by atoms with van der Waals surface area (Å²) in [6.07, 6.45) is 0. The van der Waals surface area contributed by atoms with Crippen molar-refractivity contribution in [3.05, 3.63) is 17.6 Å². The molecule has 0 atom stereocenters. The first kappa shape index (κ1) is 11.2. The van der Waals surface area contributed by atoms with Crippen molar-refractivity contribution >= 4 is 32.9 Å². The third kappa shape index (κ3) is 2.25. The smallest absolute Gasteiger partial charge is 0.106 e. The zero-order chi connectivity index (χ0) is 11.4. The standard InChI is InChI=1S/C11H15N3OS/c1-2-15-6-5-13-9-4-3-8(12)11-10(9)14-7-16-11/h3-4,7,13H,2,5-6,12H2,1H3. The van der Waals surface area contributed by atoms with Gasteiger partial charge in [0.05, 0.1) is 28.2 Å². The number of thiazole rings is 1. The Kier molecular flexibility index (Phi) is 3.58. The van der Waals surface area contributed by atoms with Gasteiger partial charge in [0.1, 0.15) is 5.52 Å². The molecule has 0 unspecified atom stereocenters. The van der Waals surface area contributed by atoms with Crippen LogP contribution in [0.4, 0.5) is 11.4 Å². The maximum Gasteiger partial charge on any atom is 0.106 e. The Labute approximate surface area is 98.4 Å². The predicted octanol–water partition coefficient (Wildman–Crippen LogP) is 2.33. The Hall–Kier alpha value is -1.33. The third-order valence-corrected chi connectivity index (χ3v) is 3.16. The fraction of sp³-hybridized carbons (Fsp3) is 0.364. The fourth-order valence-corrected chi connectivity index (χ4v) is 2.26. The molecular weight excluding hydrogens is 222 g/mol. The van der Waals surface area contributed by atoms with Gasteiger partial charge in [-0.05, 0) is 19.1 Å². The lowest BCUT2D eigenvalue weighted by Crippen LogP contribution is -2.09. The number of anilines is 2. The third-order valence-electron chi connectivity index (χ3n) is 2.28. The molecule has 0 spiro atoms. The van der Waals surface area contributed by atoms with Crippen LogP contribution in [-0.4, -0.2) is 24.7 Å². The van der Waals surface area contributed by atoms with Crippen LogP contribution in [0.25, 0.3) is 10.2 Å². The van der Waals surface area contributed by atoms with Gasteiger partial charge in [-0.1, -0.05) is 0 Å². The van der Waals surface area contributed by atoms with Crippen LogP contribution in [0.2, 0.25) is 0 Å². The molecule has 0 aliphatic carbocycles. The number of nitrogens with two attached hydrogens (primary N) is 1. The summed E-state index contributed by atoms with van der Waals surface area (Å²) in [5.41, 5.74) is 10.4. The van der Waals surface area contributed by atoms with Gasteiger partial charge in [-0.2, -0.15) is 0 Å². The van der Waals surface area contributed by atoms with Crippen molar-refractivity contribution in [1.29, 1.82) is 0 Å². The summed E-state index contributed by atoms with van der Waals surface area (Å²) in [6, 6.07) is 3.87. The second-order valence-electron chi connectivity index (χ2n) is 3.36. The quantitative estimate of drug-likeness (QED) is 0.619. The van der Waals surface area contributed by atoms with Crippen LogP contribution >= 0.6 is 11.3 Å². The van der Waals surface area contributed by atoms with Crippen LogP contribution in [0.1, 0.15) is 6.92 Å². The summed E-state index contributed by atoms with van der Waals surface area (Å²) < 4.78 is 6.31. The Morgan fingerprint density at radius 2 is 2.38 bits per heavy atom. The van der Waals surface area contributed by atoms with Crippen LogP contribution in [0.3, 0.4) is 0 Å². The molecule has 0 saturated heterocycles. The van der Waals surface area contributed by atoms with Gasteiger partial charge < -0.3 is 15.8 Å². The van der Waals surface area contributed by atoms with Crippen LogP contribution in [0.5, 0.6) is 0 Å².